The van der Waals surface area contributed by atoms with Crippen molar-refractivity contribution in [3.05, 3.63) is 18.2 Å². The molecule has 28 heteroatoms. The average molecular weight is 968 g/mol. The summed E-state index contributed by atoms with van der Waals surface area (Å²) in [5.41, 5.74) is 28.4. The Kier molecular flexibility index (Phi) is 22.1. The second-order valence-electron chi connectivity index (χ2n) is 15.8. The van der Waals surface area contributed by atoms with Gasteiger partial charge < -0.3 is 75.8 Å². The van der Waals surface area contributed by atoms with Gasteiger partial charge in [0.05, 0.1) is 25.3 Å². The summed E-state index contributed by atoms with van der Waals surface area (Å²) < 4.78 is 0. The Morgan fingerprint density at radius 1 is 0.848 bits per heavy atom. The molecule has 2 aliphatic heterocycles. The van der Waals surface area contributed by atoms with Gasteiger partial charge >= 0.3 is 0 Å². The molecule has 1 aromatic rings. The molecule has 3 rings (SSSR count). The first-order valence-corrected chi connectivity index (χ1v) is 23.7. The summed E-state index contributed by atoms with van der Waals surface area (Å²) in [6.07, 6.45) is 1.92. The van der Waals surface area contributed by atoms with Crippen LogP contribution < -0.4 is 65.9 Å². The number of H-pyrrole nitrogens is 1. The zero-order valence-electron chi connectivity index (χ0n) is 36.6. The van der Waals surface area contributed by atoms with E-state index < -0.39 is 139 Å². The van der Waals surface area contributed by atoms with E-state index in [1.165, 1.54) is 17.4 Å². The molecule has 0 bridgehead atoms. The fourth-order valence-electron chi connectivity index (χ4n) is 6.82. The van der Waals surface area contributed by atoms with Crippen molar-refractivity contribution >= 4 is 86.6 Å². The zero-order chi connectivity index (χ0) is 49.1. The van der Waals surface area contributed by atoms with Gasteiger partial charge in [-0.2, -0.15) is 0 Å². The van der Waals surface area contributed by atoms with Gasteiger partial charge in [0.25, 0.3) is 0 Å². The number of likely N-dealkylation sites (tertiary alicyclic amines) is 1. The Labute approximate surface area is 387 Å². The SMILES string of the molecule is CC[C@H](C)[C@@H]1NC(=O)[C@H](Cc2cnc[nH]2)NC(=O)[C@@H](N)CSSC[C@@H](C(=O)N2CCC[C@H]2C(=O)N[C@@H](CCN)C(=O)NCC(N)=O)NC(=O)[C@H](CC(N)=O)NC(=O)[C@H](CCC(N)=O)NC1=O. The summed E-state index contributed by atoms with van der Waals surface area (Å²) in [5, 5.41) is 17.6. The molecule has 0 saturated carbocycles. The molecule has 26 nitrogen and oxygen atoms in total. The topological polar surface area (TPSA) is 434 Å². The van der Waals surface area contributed by atoms with Crippen molar-refractivity contribution < 1.29 is 52.7 Å². The van der Waals surface area contributed by atoms with E-state index in [4.69, 9.17) is 28.7 Å². The molecule has 3 heterocycles. The number of nitrogens with one attached hydrogen (secondary N) is 8. The normalized spacial score (nSPS) is 24.8. The zero-order valence-corrected chi connectivity index (χ0v) is 38.3. The summed E-state index contributed by atoms with van der Waals surface area (Å²) in [5.74, 6) is -10.4. The minimum absolute atomic E-state index is 0.0275. The van der Waals surface area contributed by atoms with Crippen LogP contribution in [0.4, 0.5) is 0 Å². The molecular weight excluding hydrogens is 907 g/mol. The predicted molar refractivity (Wildman–Crippen MR) is 239 cm³/mol. The van der Waals surface area contributed by atoms with Crippen LogP contribution in [0.5, 0.6) is 0 Å². The highest BCUT2D eigenvalue weighted by atomic mass is 33.1. The van der Waals surface area contributed by atoms with Gasteiger partial charge in [0.15, 0.2) is 0 Å². The van der Waals surface area contributed by atoms with Gasteiger partial charge in [-0.05, 0) is 38.1 Å². The van der Waals surface area contributed by atoms with Crippen molar-refractivity contribution in [2.24, 2.45) is 34.6 Å². The van der Waals surface area contributed by atoms with Crippen molar-refractivity contribution in [1.29, 1.82) is 0 Å². The van der Waals surface area contributed by atoms with Crippen LogP contribution in [-0.4, -0.2) is 159 Å². The number of rotatable bonds is 17. The molecule has 2 fully saturated rings. The Morgan fingerprint density at radius 2 is 1.50 bits per heavy atom. The van der Waals surface area contributed by atoms with Gasteiger partial charge in [0, 0.05) is 42.8 Å². The number of nitrogens with zero attached hydrogens (tertiary/aromatic N) is 2. The molecule has 66 heavy (non-hydrogen) atoms. The molecule has 2 saturated heterocycles. The smallest absolute Gasteiger partial charge is 0.246 e. The number of hydrogen-bond acceptors (Lipinski definition) is 16. The largest absolute Gasteiger partial charge is 0.370 e. The fourth-order valence-corrected chi connectivity index (χ4v) is 9.10. The number of primary amides is 3. The number of aromatic nitrogens is 2. The summed E-state index contributed by atoms with van der Waals surface area (Å²) in [6.45, 7) is 2.91. The number of amides is 11. The second-order valence-corrected chi connectivity index (χ2v) is 18.3. The van der Waals surface area contributed by atoms with Gasteiger partial charge in [-0.25, -0.2) is 4.98 Å². The molecule has 0 spiro atoms. The first kappa shape index (κ1) is 54.3. The van der Waals surface area contributed by atoms with Crippen molar-refractivity contribution in [3.63, 3.8) is 0 Å². The molecule has 0 aliphatic carbocycles. The van der Waals surface area contributed by atoms with Gasteiger partial charge in [-0.1, -0.05) is 41.9 Å². The second kappa shape index (κ2) is 26.8. The minimum atomic E-state index is -1.75. The molecule has 11 amide bonds. The molecule has 2 aliphatic rings. The highest BCUT2D eigenvalue weighted by Gasteiger charge is 2.41. The van der Waals surface area contributed by atoms with Crippen molar-refractivity contribution in [3.8, 4) is 0 Å². The predicted octanol–water partition coefficient (Wildman–Crippen LogP) is -6.29. The van der Waals surface area contributed by atoms with Gasteiger partial charge in [0.1, 0.15) is 42.3 Å². The quantitative estimate of drug-likeness (QED) is 0.0646. The van der Waals surface area contributed by atoms with E-state index in [-0.39, 0.29) is 50.3 Å². The number of nitrogens with two attached hydrogens (primary N) is 5. The summed E-state index contributed by atoms with van der Waals surface area (Å²) >= 11 is 0. The number of hydrogen-bond donors (Lipinski definition) is 13. The molecule has 1 aromatic heterocycles. The van der Waals surface area contributed by atoms with Crippen molar-refractivity contribution in [2.75, 3.05) is 31.1 Å². The lowest BCUT2D eigenvalue weighted by Crippen LogP contribution is -2.61. The molecule has 9 atom stereocenters. The maximum Gasteiger partial charge on any atom is 0.246 e. The van der Waals surface area contributed by atoms with Gasteiger partial charge in [-0.15, -0.1) is 0 Å². The van der Waals surface area contributed by atoms with Crippen molar-refractivity contribution in [1.82, 2.24) is 52.1 Å². The van der Waals surface area contributed by atoms with Gasteiger partial charge in [0.2, 0.25) is 65.0 Å². The number of carbonyl (C=O) groups is 11. The molecule has 366 valence electrons. The van der Waals surface area contributed by atoms with E-state index in [0.29, 0.717) is 18.5 Å². The first-order chi connectivity index (χ1) is 31.2. The van der Waals surface area contributed by atoms with E-state index in [1.54, 1.807) is 13.8 Å². The third-order valence-corrected chi connectivity index (χ3v) is 13.1. The van der Waals surface area contributed by atoms with Crippen LogP contribution in [0.3, 0.4) is 0 Å². The number of aromatic amines is 1. The lowest BCUT2D eigenvalue weighted by Gasteiger charge is -2.31. The fraction of sp³-hybridized carbons (Fsp3) is 0.632. The molecular formula is C38H61N15O11S2. The minimum Gasteiger partial charge on any atom is -0.370 e. The Bertz CT molecular complexity index is 1930. The third kappa shape index (κ3) is 17.1. The highest BCUT2D eigenvalue weighted by molar-refractivity contribution is 8.76. The van der Waals surface area contributed by atoms with Crippen LogP contribution in [0.15, 0.2) is 12.5 Å². The van der Waals surface area contributed by atoms with Crippen LogP contribution in [0, 0.1) is 5.92 Å². The van der Waals surface area contributed by atoms with E-state index in [0.717, 1.165) is 21.6 Å². The van der Waals surface area contributed by atoms with E-state index in [9.17, 15) is 52.7 Å². The maximum atomic E-state index is 14.4. The van der Waals surface area contributed by atoms with E-state index >= 15 is 0 Å². The van der Waals surface area contributed by atoms with E-state index in [1.807, 2.05) is 0 Å². The summed E-state index contributed by atoms with van der Waals surface area (Å²) in [7, 11) is 2.04. The number of carbonyl (C=O) groups excluding carboxylic acids is 11. The number of imidazole rings is 1. The lowest BCUT2D eigenvalue weighted by molar-refractivity contribution is -0.142. The molecule has 0 aromatic carbocycles. The van der Waals surface area contributed by atoms with Crippen LogP contribution in [0.25, 0.3) is 0 Å². The summed E-state index contributed by atoms with van der Waals surface area (Å²) in [4.78, 5) is 154. The highest BCUT2D eigenvalue weighted by Crippen LogP contribution is 2.26. The Hall–Kier alpha value is -6.00. The first-order valence-electron chi connectivity index (χ1n) is 21.2. The maximum absolute atomic E-state index is 14.4. The molecule has 18 N–H and O–H groups in total. The summed E-state index contributed by atoms with van der Waals surface area (Å²) in [6, 6.07) is -10.9. The van der Waals surface area contributed by atoms with Crippen LogP contribution in [0.2, 0.25) is 0 Å². The standard InChI is InChI=1S/C38H61N15O11S2/c1-3-18(2)30-37(63)48-21(6-7-27(41)54)33(59)50-24(12-28(42)55)34(60)51-25(16-66-65-15-20(40)31(57)49-23(35(61)52-30)11-19-13-44-17-46-19)38(64)53-10-4-5-26(53)36(62)47-22(8-9-39)32(58)45-14-29(43)56/h13,17-18,20-26,30H,3-12,14-16,39-40H2,1-2H3,(H2,41,54)(H2,42,55)(H2,43,56)(H,44,46)(H,45,58)(H,47,62)(H,48,63)(H,49,57)(H,50,59)(H,51,60)(H,52,61)/t18-,20-,21-,22-,23-,24-,25-,26-,30-/m0/s1. The van der Waals surface area contributed by atoms with Crippen LogP contribution >= 0.6 is 21.6 Å². The van der Waals surface area contributed by atoms with Crippen LogP contribution in [-0.2, 0) is 59.2 Å². The van der Waals surface area contributed by atoms with Crippen molar-refractivity contribution in [2.45, 2.75) is 114 Å². The molecule has 0 radical (unpaired) electrons. The lowest BCUT2D eigenvalue weighted by atomic mass is 9.96. The molecule has 0 unspecified atom stereocenters. The average Bonchev–Trinajstić information content (AvgIpc) is 3.98. The third-order valence-electron chi connectivity index (χ3n) is 10.6. The van der Waals surface area contributed by atoms with E-state index in [2.05, 4.69) is 47.2 Å². The van der Waals surface area contributed by atoms with Crippen LogP contribution in [0.1, 0.15) is 64.5 Å². The monoisotopic (exact) mass is 967 g/mol. The van der Waals surface area contributed by atoms with Gasteiger partial charge in [-0.3, -0.25) is 52.7 Å². The Balaban J connectivity index is 2.03. The Morgan fingerprint density at radius 3 is 2.12 bits per heavy atom.